The zero-order valence-corrected chi connectivity index (χ0v) is 12.5. The number of aliphatic hydroxyl groups is 1. The van der Waals surface area contributed by atoms with Crippen molar-refractivity contribution in [3.05, 3.63) is 65.7 Å². The molecule has 0 fully saturated rings. The Hall–Kier alpha value is -1.80. The highest BCUT2D eigenvalue weighted by Gasteiger charge is 2.39. The van der Waals surface area contributed by atoms with Gasteiger partial charge < -0.3 is 10.4 Å². The summed E-state index contributed by atoms with van der Waals surface area (Å²) in [6, 6.07) is 18.6. The van der Waals surface area contributed by atoms with Crippen LogP contribution in [0.15, 0.2) is 54.6 Å². The Labute approximate surface area is 126 Å². The molecule has 0 bridgehead atoms. The summed E-state index contributed by atoms with van der Waals surface area (Å²) in [4.78, 5) is 0. The van der Waals surface area contributed by atoms with Crippen LogP contribution >= 0.6 is 0 Å². The second-order valence-corrected chi connectivity index (χ2v) is 5.93. The van der Waals surface area contributed by atoms with E-state index in [1.807, 2.05) is 30.3 Å². The SMILES string of the molecule is CCCC(O)(c1ccccc1)C1CCc2ccccc2N1. The van der Waals surface area contributed by atoms with Gasteiger partial charge in [-0.15, -0.1) is 0 Å². The lowest BCUT2D eigenvalue weighted by molar-refractivity contribution is 0.00341. The highest BCUT2D eigenvalue weighted by Crippen LogP contribution is 2.37. The molecular weight excluding hydrogens is 258 g/mol. The predicted molar refractivity (Wildman–Crippen MR) is 87.4 cm³/mol. The van der Waals surface area contributed by atoms with Crippen LogP contribution in [0.3, 0.4) is 0 Å². The average molecular weight is 281 g/mol. The van der Waals surface area contributed by atoms with Gasteiger partial charge in [0.25, 0.3) is 0 Å². The molecule has 2 atom stereocenters. The summed E-state index contributed by atoms with van der Waals surface area (Å²) < 4.78 is 0. The van der Waals surface area contributed by atoms with E-state index >= 15 is 0 Å². The third-order valence-electron chi connectivity index (χ3n) is 4.53. The Balaban J connectivity index is 1.92. The largest absolute Gasteiger partial charge is 0.383 e. The van der Waals surface area contributed by atoms with Crippen molar-refractivity contribution < 1.29 is 5.11 Å². The lowest BCUT2D eigenvalue weighted by atomic mass is 9.78. The molecule has 1 aliphatic heterocycles. The molecule has 0 spiro atoms. The number of benzene rings is 2. The minimum absolute atomic E-state index is 0.0646. The molecule has 3 rings (SSSR count). The minimum Gasteiger partial charge on any atom is -0.383 e. The van der Waals surface area contributed by atoms with Gasteiger partial charge in [-0.3, -0.25) is 0 Å². The van der Waals surface area contributed by atoms with Crippen LogP contribution in [-0.2, 0) is 12.0 Å². The maximum absolute atomic E-state index is 11.4. The summed E-state index contributed by atoms with van der Waals surface area (Å²) in [6.07, 6.45) is 3.72. The van der Waals surface area contributed by atoms with Crippen molar-refractivity contribution in [1.29, 1.82) is 0 Å². The molecule has 0 saturated carbocycles. The van der Waals surface area contributed by atoms with E-state index in [4.69, 9.17) is 0 Å². The Morgan fingerprint density at radius 3 is 2.57 bits per heavy atom. The van der Waals surface area contributed by atoms with Gasteiger partial charge in [0.15, 0.2) is 0 Å². The number of aryl methyl sites for hydroxylation is 1. The molecule has 0 saturated heterocycles. The smallest absolute Gasteiger partial charge is 0.110 e. The highest BCUT2D eigenvalue weighted by molar-refractivity contribution is 5.54. The van der Waals surface area contributed by atoms with E-state index < -0.39 is 5.60 Å². The van der Waals surface area contributed by atoms with Crippen molar-refractivity contribution in [3.8, 4) is 0 Å². The van der Waals surface area contributed by atoms with Crippen LogP contribution in [0.25, 0.3) is 0 Å². The quantitative estimate of drug-likeness (QED) is 0.884. The fourth-order valence-electron chi connectivity index (χ4n) is 3.42. The second kappa shape index (κ2) is 5.90. The average Bonchev–Trinajstić information content (AvgIpc) is 2.55. The molecule has 2 heteroatoms. The van der Waals surface area contributed by atoms with E-state index in [0.29, 0.717) is 0 Å². The Bertz CT molecular complexity index is 596. The molecule has 1 aliphatic rings. The summed E-state index contributed by atoms with van der Waals surface area (Å²) in [7, 11) is 0. The van der Waals surface area contributed by atoms with Crippen molar-refractivity contribution in [1.82, 2.24) is 0 Å². The van der Waals surface area contributed by atoms with Crippen LogP contribution in [0.4, 0.5) is 5.69 Å². The van der Waals surface area contributed by atoms with Gasteiger partial charge in [0, 0.05) is 5.69 Å². The third-order valence-corrected chi connectivity index (χ3v) is 4.53. The number of para-hydroxylation sites is 1. The molecule has 2 aromatic carbocycles. The van der Waals surface area contributed by atoms with Crippen LogP contribution in [-0.4, -0.2) is 11.1 Å². The Kier molecular flexibility index (Phi) is 3.98. The highest BCUT2D eigenvalue weighted by atomic mass is 16.3. The third kappa shape index (κ3) is 2.68. The number of rotatable bonds is 4. The van der Waals surface area contributed by atoms with Crippen molar-refractivity contribution in [2.45, 2.75) is 44.2 Å². The van der Waals surface area contributed by atoms with Crippen molar-refractivity contribution in [2.75, 3.05) is 5.32 Å². The van der Waals surface area contributed by atoms with E-state index in [0.717, 1.165) is 31.2 Å². The summed E-state index contributed by atoms with van der Waals surface area (Å²) in [5.74, 6) is 0. The second-order valence-electron chi connectivity index (χ2n) is 5.93. The normalized spacial score (nSPS) is 20.2. The van der Waals surface area contributed by atoms with Crippen LogP contribution in [0.2, 0.25) is 0 Å². The van der Waals surface area contributed by atoms with Crippen molar-refractivity contribution in [3.63, 3.8) is 0 Å². The lowest BCUT2D eigenvalue weighted by Crippen LogP contribution is -2.46. The zero-order valence-electron chi connectivity index (χ0n) is 12.5. The first kappa shape index (κ1) is 14.2. The van der Waals surface area contributed by atoms with Crippen LogP contribution in [0, 0.1) is 0 Å². The van der Waals surface area contributed by atoms with Gasteiger partial charge in [-0.25, -0.2) is 0 Å². The molecule has 110 valence electrons. The van der Waals surface area contributed by atoms with Gasteiger partial charge in [0.1, 0.15) is 5.60 Å². The fraction of sp³-hybridized carbons (Fsp3) is 0.368. The molecule has 21 heavy (non-hydrogen) atoms. The molecule has 0 aliphatic carbocycles. The molecule has 2 aromatic rings. The summed E-state index contributed by atoms with van der Waals surface area (Å²) in [6.45, 7) is 2.13. The zero-order chi connectivity index (χ0) is 14.7. The van der Waals surface area contributed by atoms with E-state index in [2.05, 4.69) is 36.5 Å². The first-order valence-corrected chi connectivity index (χ1v) is 7.86. The Morgan fingerprint density at radius 2 is 1.81 bits per heavy atom. The maximum atomic E-state index is 11.4. The van der Waals surface area contributed by atoms with Gasteiger partial charge in [-0.2, -0.15) is 0 Å². The van der Waals surface area contributed by atoms with Gasteiger partial charge >= 0.3 is 0 Å². The van der Waals surface area contributed by atoms with Gasteiger partial charge in [-0.05, 0) is 36.5 Å². The van der Waals surface area contributed by atoms with E-state index in [1.165, 1.54) is 11.3 Å². The minimum atomic E-state index is -0.802. The topological polar surface area (TPSA) is 32.3 Å². The maximum Gasteiger partial charge on any atom is 0.110 e. The molecule has 2 N–H and O–H groups in total. The van der Waals surface area contributed by atoms with Crippen molar-refractivity contribution >= 4 is 5.69 Å². The molecule has 2 unspecified atom stereocenters. The van der Waals surface area contributed by atoms with Gasteiger partial charge in [-0.1, -0.05) is 61.9 Å². The summed E-state index contributed by atoms with van der Waals surface area (Å²) in [5, 5.41) is 14.9. The predicted octanol–water partition coefficient (Wildman–Crippen LogP) is 4.10. The van der Waals surface area contributed by atoms with E-state index in [-0.39, 0.29) is 6.04 Å². The van der Waals surface area contributed by atoms with Gasteiger partial charge in [0.05, 0.1) is 6.04 Å². The monoisotopic (exact) mass is 281 g/mol. The summed E-state index contributed by atoms with van der Waals surface area (Å²) >= 11 is 0. The lowest BCUT2D eigenvalue weighted by Gasteiger charge is -2.40. The molecule has 0 radical (unpaired) electrons. The fourth-order valence-corrected chi connectivity index (χ4v) is 3.42. The molecule has 0 aromatic heterocycles. The van der Waals surface area contributed by atoms with Crippen LogP contribution in [0.5, 0.6) is 0 Å². The molecule has 0 amide bonds. The number of fused-ring (bicyclic) bond motifs is 1. The van der Waals surface area contributed by atoms with Crippen LogP contribution in [0.1, 0.15) is 37.3 Å². The van der Waals surface area contributed by atoms with Gasteiger partial charge in [0.2, 0.25) is 0 Å². The Morgan fingerprint density at radius 1 is 1.10 bits per heavy atom. The number of nitrogens with one attached hydrogen (secondary N) is 1. The number of hydrogen-bond acceptors (Lipinski definition) is 2. The van der Waals surface area contributed by atoms with E-state index in [9.17, 15) is 5.11 Å². The number of hydrogen-bond donors (Lipinski definition) is 2. The molecule has 2 nitrogen and oxygen atoms in total. The summed E-state index contributed by atoms with van der Waals surface area (Å²) in [5.41, 5.74) is 2.73. The number of anilines is 1. The molecule has 1 heterocycles. The first-order valence-electron chi connectivity index (χ1n) is 7.86. The van der Waals surface area contributed by atoms with Crippen molar-refractivity contribution in [2.24, 2.45) is 0 Å². The first-order chi connectivity index (χ1) is 10.2. The molecular formula is C19H23NO. The van der Waals surface area contributed by atoms with E-state index in [1.54, 1.807) is 0 Å². The standard InChI is InChI=1S/C19H23NO/c1-2-14-19(21,16-9-4-3-5-10-16)18-13-12-15-8-6-7-11-17(15)20-18/h3-11,18,20-21H,2,12-14H2,1H3. The van der Waals surface area contributed by atoms with Crippen LogP contribution < -0.4 is 5.32 Å².